The predicted octanol–water partition coefficient (Wildman–Crippen LogP) is 3.71. The van der Waals surface area contributed by atoms with Gasteiger partial charge in [-0.3, -0.25) is 0 Å². The van der Waals surface area contributed by atoms with Crippen molar-refractivity contribution in [1.82, 2.24) is 4.98 Å². The average molecular weight is 214 g/mol. The molecule has 0 atom stereocenters. The summed E-state index contributed by atoms with van der Waals surface area (Å²) >= 11 is 10.9. The average Bonchev–Trinajstić information content (AvgIpc) is 2.48. The van der Waals surface area contributed by atoms with Gasteiger partial charge in [-0.15, -0.1) is 0 Å². The summed E-state index contributed by atoms with van der Waals surface area (Å²) in [4.78, 5) is 3.29. The highest BCUT2D eigenvalue weighted by molar-refractivity contribution is 7.71. The van der Waals surface area contributed by atoms with Crippen LogP contribution in [0.5, 0.6) is 0 Å². The zero-order valence-electron chi connectivity index (χ0n) is 7.06. The minimum atomic E-state index is 0.373. The van der Waals surface area contributed by atoms with Crippen LogP contribution in [0.3, 0.4) is 0 Å². The van der Waals surface area contributed by atoms with Crippen molar-refractivity contribution in [2.75, 3.05) is 0 Å². The second-order valence-electron chi connectivity index (χ2n) is 2.78. The lowest BCUT2D eigenvalue weighted by Crippen LogP contribution is -1.81. The molecule has 2 rings (SSSR count). The number of hydrogen-bond donors (Lipinski definition) is 1. The fourth-order valence-corrected chi connectivity index (χ4v) is 1.71. The SMILES string of the molecule is CCc1ccc(Cl)c2[nH]c(=S)oc12. The molecule has 0 fully saturated rings. The molecule has 0 radical (unpaired) electrons. The zero-order chi connectivity index (χ0) is 9.42. The van der Waals surface area contributed by atoms with Gasteiger partial charge < -0.3 is 9.40 Å². The van der Waals surface area contributed by atoms with E-state index < -0.39 is 0 Å². The van der Waals surface area contributed by atoms with Gasteiger partial charge >= 0.3 is 0 Å². The molecular weight excluding hydrogens is 206 g/mol. The van der Waals surface area contributed by atoms with E-state index in [1.165, 1.54) is 0 Å². The molecule has 1 aromatic carbocycles. The third-order valence-electron chi connectivity index (χ3n) is 1.99. The lowest BCUT2D eigenvalue weighted by molar-refractivity contribution is 0.580. The first-order valence-corrected chi connectivity index (χ1v) is 4.81. The maximum Gasteiger partial charge on any atom is 0.266 e. The molecule has 13 heavy (non-hydrogen) atoms. The van der Waals surface area contributed by atoms with Crippen molar-refractivity contribution >= 4 is 34.9 Å². The van der Waals surface area contributed by atoms with Gasteiger partial charge in [0.1, 0.15) is 5.52 Å². The molecule has 0 unspecified atom stereocenters. The van der Waals surface area contributed by atoms with E-state index in [-0.39, 0.29) is 0 Å². The van der Waals surface area contributed by atoms with Crippen LogP contribution in [-0.2, 0) is 6.42 Å². The molecule has 0 saturated carbocycles. The number of rotatable bonds is 1. The van der Waals surface area contributed by atoms with E-state index in [1.807, 2.05) is 12.1 Å². The summed E-state index contributed by atoms with van der Waals surface area (Å²) in [6, 6.07) is 3.81. The Morgan fingerprint density at radius 2 is 2.31 bits per heavy atom. The van der Waals surface area contributed by atoms with Crippen LogP contribution in [-0.4, -0.2) is 4.98 Å². The van der Waals surface area contributed by atoms with Crippen molar-refractivity contribution in [2.24, 2.45) is 0 Å². The van der Waals surface area contributed by atoms with Gasteiger partial charge in [0.05, 0.1) is 5.02 Å². The fourth-order valence-electron chi connectivity index (χ4n) is 1.33. The van der Waals surface area contributed by atoms with Crippen molar-refractivity contribution in [3.8, 4) is 0 Å². The largest absolute Gasteiger partial charge is 0.429 e. The number of fused-ring (bicyclic) bond motifs is 1. The van der Waals surface area contributed by atoms with E-state index in [9.17, 15) is 0 Å². The highest BCUT2D eigenvalue weighted by atomic mass is 35.5. The molecule has 2 aromatic rings. The second-order valence-corrected chi connectivity index (χ2v) is 3.56. The molecule has 0 aliphatic heterocycles. The highest BCUT2D eigenvalue weighted by Crippen LogP contribution is 2.26. The Morgan fingerprint density at radius 1 is 1.54 bits per heavy atom. The minimum absolute atomic E-state index is 0.373. The van der Waals surface area contributed by atoms with Crippen LogP contribution < -0.4 is 0 Å². The summed E-state index contributed by atoms with van der Waals surface area (Å²) in [5, 5.41) is 0.645. The summed E-state index contributed by atoms with van der Waals surface area (Å²) in [5.74, 6) is 0. The van der Waals surface area contributed by atoms with E-state index in [4.69, 9.17) is 28.2 Å². The topological polar surface area (TPSA) is 28.9 Å². The van der Waals surface area contributed by atoms with Crippen LogP contribution in [0.1, 0.15) is 12.5 Å². The van der Waals surface area contributed by atoms with E-state index in [1.54, 1.807) is 0 Å². The van der Waals surface area contributed by atoms with Crippen molar-refractivity contribution in [1.29, 1.82) is 0 Å². The van der Waals surface area contributed by atoms with Crippen LogP contribution in [0.4, 0.5) is 0 Å². The van der Waals surface area contributed by atoms with Crippen LogP contribution in [0.2, 0.25) is 5.02 Å². The molecule has 1 heterocycles. The Hall–Kier alpha value is -0.800. The third kappa shape index (κ3) is 1.38. The monoisotopic (exact) mass is 213 g/mol. The zero-order valence-corrected chi connectivity index (χ0v) is 8.63. The number of aromatic amines is 1. The molecule has 0 amide bonds. The summed E-state index contributed by atoms with van der Waals surface area (Å²) in [5.41, 5.74) is 2.69. The molecular formula is C9H8ClNOS. The molecule has 68 valence electrons. The van der Waals surface area contributed by atoms with Crippen molar-refractivity contribution < 1.29 is 4.42 Å². The third-order valence-corrected chi connectivity index (χ3v) is 2.49. The molecule has 0 bridgehead atoms. The number of aromatic nitrogens is 1. The second kappa shape index (κ2) is 3.16. The Balaban J connectivity index is 2.91. The van der Waals surface area contributed by atoms with Crippen LogP contribution in [0.25, 0.3) is 11.1 Å². The van der Waals surface area contributed by atoms with Gasteiger partial charge in [0, 0.05) is 0 Å². The van der Waals surface area contributed by atoms with Gasteiger partial charge in [0.15, 0.2) is 5.58 Å². The quantitative estimate of drug-likeness (QED) is 0.732. The number of hydrogen-bond acceptors (Lipinski definition) is 2. The predicted molar refractivity (Wildman–Crippen MR) is 55.8 cm³/mol. The molecule has 2 nitrogen and oxygen atoms in total. The standard InChI is InChI=1S/C9H8ClNOS/c1-2-5-3-4-6(10)7-8(5)12-9(13)11-7/h3-4H,2H2,1H3,(H,11,13). The maximum atomic E-state index is 5.96. The molecule has 4 heteroatoms. The van der Waals surface area contributed by atoms with Crippen LogP contribution in [0, 0.1) is 4.84 Å². The highest BCUT2D eigenvalue weighted by Gasteiger charge is 2.07. The summed E-state index contributed by atoms with van der Waals surface area (Å²) < 4.78 is 5.35. The van der Waals surface area contributed by atoms with Gasteiger partial charge in [-0.05, 0) is 30.3 Å². The Kier molecular flexibility index (Phi) is 2.14. The summed E-state index contributed by atoms with van der Waals surface area (Å²) in [7, 11) is 0. The smallest absolute Gasteiger partial charge is 0.266 e. The van der Waals surface area contributed by atoms with Crippen LogP contribution in [0.15, 0.2) is 16.5 Å². The summed E-state index contributed by atoms with van der Waals surface area (Å²) in [6.07, 6.45) is 0.907. The van der Waals surface area contributed by atoms with Gasteiger partial charge in [0.2, 0.25) is 0 Å². The number of nitrogens with one attached hydrogen (secondary N) is 1. The van der Waals surface area contributed by atoms with Crippen molar-refractivity contribution in [3.05, 3.63) is 27.6 Å². The van der Waals surface area contributed by atoms with E-state index in [0.29, 0.717) is 9.86 Å². The number of H-pyrrole nitrogens is 1. The Labute approximate surface area is 85.5 Å². The minimum Gasteiger partial charge on any atom is -0.429 e. The first kappa shape index (κ1) is 8.78. The van der Waals surface area contributed by atoms with Crippen molar-refractivity contribution in [3.63, 3.8) is 0 Å². The van der Waals surface area contributed by atoms with E-state index >= 15 is 0 Å². The Morgan fingerprint density at radius 3 is 3.00 bits per heavy atom. The maximum absolute atomic E-state index is 5.96. The lowest BCUT2D eigenvalue weighted by Gasteiger charge is -1.97. The normalized spacial score (nSPS) is 10.9. The molecule has 0 spiro atoms. The van der Waals surface area contributed by atoms with Gasteiger partial charge in [-0.1, -0.05) is 24.6 Å². The van der Waals surface area contributed by atoms with Gasteiger partial charge in [-0.2, -0.15) is 0 Å². The van der Waals surface area contributed by atoms with Gasteiger partial charge in [-0.25, -0.2) is 0 Å². The molecule has 1 N–H and O–H groups in total. The number of halogens is 1. The number of oxazole rings is 1. The fraction of sp³-hybridized carbons (Fsp3) is 0.222. The summed E-state index contributed by atoms with van der Waals surface area (Å²) in [6.45, 7) is 2.06. The lowest BCUT2D eigenvalue weighted by atomic mass is 10.1. The molecule has 0 saturated heterocycles. The Bertz CT molecular complexity index is 500. The molecule has 0 aliphatic rings. The van der Waals surface area contributed by atoms with E-state index in [2.05, 4.69) is 11.9 Å². The molecule has 1 aromatic heterocycles. The van der Waals surface area contributed by atoms with Gasteiger partial charge in [0.25, 0.3) is 4.84 Å². The molecule has 0 aliphatic carbocycles. The van der Waals surface area contributed by atoms with E-state index in [0.717, 1.165) is 23.1 Å². The van der Waals surface area contributed by atoms with Crippen LogP contribution >= 0.6 is 23.8 Å². The number of benzene rings is 1. The first-order chi connectivity index (χ1) is 6.22. The van der Waals surface area contributed by atoms with Crippen molar-refractivity contribution in [2.45, 2.75) is 13.3 Å². The first-order valence-electron chi connectivity index (χ1n) is 4.02. The number of aryl methyl sites for hydroxylation is 1.